The summed E-state index contributed by atoms with van der Waals surface area (Å²) in [5.41, 5.74) is -0.393. The van der Waals surface area contributed by atoms with E-state index in [2.05, 4.69) is 5.32 Å². The number of nitro benzene ring substituents is 1. The molecule has 2 aromatic carbocycles. The number of carbonyl (C=O) groups is 3. The smallest absolute Gasteiger partial charge is 0.543 e. The van der Waals surface area contributed by atoms with Crippen LogP contribution in [-0.2, 0) is 30.6 Å². The van der Waals surface area contributed by atoms with Crippen molar-refractivity contribution in [2.45, 2.75) is 17.8 Å². The Balaban J connectivity index is 0.00000361. The summed E-state index contributed by atoms with van der Waals surface area (Å²) >= 11 is 0. The maximum Gasteiger partial charge on any atom is 1.00 e. The number of nitro groups is 1. The number of aliphatic carboxylic acids is 1. The van der Waals surface area contributed by atoms with Crippen LogP contribution in [0.5, 0.6) is 5.75 Å². The summed E-state index contributed by atoms with van der Waals surface area (Å²) in [5.74, 6) is -3.86. The van der Waals surface area contributed by atoms with E-state index in [9.17, 15) is 38.0 Å². The molecular formula is C22H18N3NaO9S. The maximum atomic E-state index is 12.9. The van der Waals surface area contributed by atoms with Crippen molar-refractivity contribution >= 4 is 33.3 Å². The minimum Gasteiger partial charge on any atom is -0.543 e. The number of carboxylic acid groups (broad SMARTS) is 1. The van der Waals surface area contributed by atoms with Gasteiger partial charge in [-0.25, -0.2) is 8.42 Å². The maximum absolute atomic E-state index is 12.9. The summed E-state index contributed by atoms with van der Waals surface area (Å²) in [6, 6.07) is 12.0. The number of nitrogens with zero attached hydrogens (tertiary/aromatic N) is 2. The predicted molar refractivity (Wildman–Crippen MR) is 117 cm³/mol. The molecule has 0 radical (unpaired) electrons. The topological polar surface area (TPSA) is 176 Å². The number of sulfone groups is 1. The zero-order valence-corrected chi connectivity index (χ0v) is 21.8. The Morgan fingerprint density at radius 2 is 1.75 bits per heavy atom. The van der Waals surface area contributed by atoms with E-state index in [-0.39, 0.29) is 53.0 Å². The average Bonchev–Trinajstić information content (AvgIpc) is 2.81. The van der Waals surface area contributed by atoms with Gasteiger partial charge in [0, 0.05) is 17.7 Å². The van der Waals surface area contributed by atoms with Gasteiger partial charge in [0.15, 0.2) is 15.2 Å². The van der Waals surface area contributed by atoms with E-state index < -0.39 is 62.0 Å². The van der Waals surface area contributed by atoms with Crippen LogP contribution in [0, 0.1) is 10.1 Å². The Hall–Kier alpha value is -3.26. The van der Waals surface area contributed by atoms with Crippen LogP contribution in [0.4, 0.5) is 5.69 Å². The first-order valence-corrected chi connectivity index (χ1v) is 12.0. The van der Waals surface area contributed by atoms with Gasteiger partial charge < -0.3 is 20.0 Å². The van der Waals surface area contributed by atoms with E-state index in [0.717, 1.165) is 0 Å². The molecule has 1 fully saturated rings. The van der Waals surface area contributed by atoms with Gasteiger partial charge in [0.2, 0.25) is 5.91 Å². The summed E-state index contributed by atoms with van der Waals surface area (Å²) in [7, 11) is -4.09. The van der Waals surface area contributed by atoms with Crippen LogP contribution >= 0.6 is 0 Å². The van der Waals surface area contributed by atoms with Crippen molar-refractivity contribution in [3.8, 4) is 5.75 Å². The van der Waals surface area contributed by atoms with Crippen molar-refractivity contribution in [1.29, 1.82) is 0 Å². The Kier molecular flexibility index (Phi) is 8.19. The third kappa shape index (κ3) is 5.43. The summed E-state index contributed by atoms with van der Waals surface area (Å²) < 4.78 is 31.3. The van der Waals surface area contributed by atoms with E-state index in [0.29, 0.717) is 10.5 Å². The zero-order valence-electron chi connectivity index (χ0n) is 18.9. The van der Waals surface area contributed by atoms with Gasteiger partial charge in [-0.15, -0.1) is 0 Å². The quantitative estimate of drug-likeness (QED) is 0.158. The predicted octanol–water partition coefficient (Wildman–Crippen LogP) is -3.69. The number of nitrogens with one attached hydrogen (secondary N) is 1. The fraction of sp³-hybridized carbons (Fsp3) is 0.227. The number of carbonyl (C=O) groups excluding carboxylic acids is 3. The van der Waals surface area contributed by atoms with Crippen LogP contribution in [0.3, 0.4) is 0 Å². The molecule has 36 heavy (non-hydrogen) atoms. The number of benzene rings is 2. The second-order valence-electron chi connectivity index (χ2n) is 7.89. The van der Waals surface area contributed by atoms with Crippen LogP contribution in [0.1, 0.15) is 5.56 Å². The monoisotopic (exact) mass is 523 g/mol. The van der Waals surface area contributed by atoms with E-state index in [4.69, 9.17) is 4.74 Å². The second kappa shape index (κ2) is 10.8. The first kappa shape index (κ1) is 27.3. The number of carboxylic acids is 1. The van der Waals surface area contributed by atoms with Crippen LogP contribution in [0.15, 0.2) is 65.9 Å². The molecule has 0 bridgehead atoms. The molecule has 0 aliphatic carbocycles. The molecule has 2 heterocycles. The molecule has 2 aliphatic heterocycles. The Bertz CT molecular complexity index is 1340. The number of fused-ring (bicyclic) bond motifs is 1. The number of hydrogen-bond donors (Lipinski definition) is 1. The van der Waals surface area contributed by atoms with E-state index in [1.165, 1.54) is 24.3 Å². The molecule has 2 aromatic rings. The molecule has 2 amide bonds. The van der Waals surface area contributed by atoms with Crippen molar-refractivity contribution in [3.05, 3.63) is 81.5 Å². The molecule has 2 atom stereocenters. The standard InChI is InChI=1S/C22H19N3O9S.Na/c26-17(10-13-4-2-1-3-5-13)23-18-20(27)24-19(22(28)29)14(12-35(32,33)21(18)24)11-34-16-8-6-15(7-9-16)25(30)31;/h1-9,18,21H,10-12H2,(H,23,26)(H,28,29);/q;+1/p-1/t18-,21-;/m1./s1. The normalized spacial score (nSPS) is 19.9. The van der Waals surface area contributed by atoms with Crippen molar-refractivity contribution in [2.24, 2.45) is 0 Å². The van der Waals surface area contributed by atoms with Crippen LogP contribution in [0.25, 0.3) is 0 Å². The van der Waals surface area contributed by atoms with Gasteiger partial charge in [0.25, 0.3) is 11.6 Å². The molecule has 0 saturated carbocycles. The van der Waals surface area contributed by atoms with Gasteiger partial charge in [-0.3, -0.25) is 24.6 Å². The van der Waals surface area contributed by atoms with Crippen LogP contribution < -0.4 is 44.7 Å². The van der Waals surface area contributed by atoms with Gasteiger partial charge >= 0.3 is 29.6 Å². The molecule has 182 valence electrons. The van der Waals surface area contributed by atoms with Crippen molar-refractivity contribution in [3.63, 3.8) is 0 Å². The van der Waals surface area contributed by atoms with E-state index in [1.807, 2.05) is 0 Å². The summed E-state index contributed by atoms with van der Waals surface area (Å²) in [5, 5.41) is 23.4. The van der Waals surface area contributed by atoms with Gasteiger partial charge in [0.05, 0.1) is 28.8 Å². The second-order valence-corrected chi connectivity index (χ2v) is 9.99. The largest absolute Gasteiger partial charge is 1.00 e. The number of amides is 2. The summed E-state index contributed by atoms with van der Waals surface area (Å²) in [6.07, 6.45) is -0.0884. The van der Waals surface area contributed by atoms with Gasteiger partial charge in [-0.2, -0.15) is 0 Å². The van der Waals surface area contributed by atoms with E-state index >= 15 is 0 Å². The number of rotatable bonds is 8. The van der Waals surface area contributed by atoms with Crippen LogP contribution in [-0.4, -0.2) is 59.8 Å². The Morgan fingerprint density at radius 3 is 2.33 bits per heavy atom. The molecule has 14 heteroatoms. The van der Waals surface area contributed by atoms with Crippen molar-refractivity contribution in [2.75, 3.05) is 12.4 Å². The fourth-order valence-corrected chi connectivity index (χ4v) is 5.97. The van der Waals surface area contributed by atoms with Gasteiger partial charge in [0.1, 0.15) is 18.4 Å². The number of non-ortho nitro benzene ring substituents is 1. The fourth-order valence-electron chi connectivity index (χ4n) is 3.96. The minimum absolute atomic E-state index is 0. The third-order valence-electron chi connectivity index (χ3n) is 5.54. The molecular weight excluding hydrogens is 505 g/mol. The van der Waals surface area contributed by atoms with Crippen molar-refractivity contribution in [1.82, 2.24) is 10.2 Å². The first-order valence-electron chi connectivity index (χ1n) is 10.3. The summed E-state index contributed by atoms with van der Waals surface area (Å²) in [6.45, 7) is -0.512. The molecule has 1 N–H and O–H groups in total. The third-order valence-corrected chi connectivity index (χ3v) is 7.51. The molecule has 4 rings (SSSR count). The molecule has 1 saturated heterocycles. The number of hydrogen-bond acceptors (Lipinski definition) is 9. The molecule has 0 spiro atoms. The molecule has 0 aromatic heterocycles. The van der Waals surface area contributed by atoms with Crippen LogP contribution in [0.2, 0.25) is 0 Å². The minimum atomic E-state index is -4.09. The zero-order chi connectivity index (χ0) is 25.3. The molecule has 0 unspecified atom stereocenters. The van der Waals surface area contributed by atoms with Crippen molar-refractivity contribution < 1.29 is 67.1 Å². The SMILES string of the molecule is O=C(Cc1ccccc1)N[C@@H]1C(=O)N2C(C(=O)[O-])=C(COc3ccc([N+](=O)[O-])cc3)CS(=O)(=O)[C@H]12.[Na+]. The first-order chi connectivity index (χ1) is 16.6. The van der Waals surface area contributed by atoms with E-state index in [1.54, 1.807) is 30.3 Å². The number of ether oxygens (including phenoxy) is 1. The van der Waals surface area contributed by atoms with Gasteiger partial charge in [-0.1, -0.05) is 30.3 Å². The Morgan fingerprint density at radius 1 is 1.11 bits per heavy atom. The Labute approximate surface area is 227 Å². The molecule has 12 nitrogen and oxygen atoms in total. The van der Waals surface area contributed by atoms with Gasteiger partial charge in [-0.05, 0) is 17.7 Å². The summed E-state index contributed by atoms with van der Waals surface area (Å²) in [4.78, 5) is 47.7. The number of β-lactam (4-membered cyclic amide) rings is 1. The molecule has 2 aliphatic rings. The average molecular weight is 523 g/mol.